The summed E-state index contributed by atoms with van der Waals surface area (Å²) in [6, 6.07) is 10.4. The maximum atomic E-state index is 13.0. The van der Waals surface area contributed by atoms with Crippen molar-refractivity contribution in [2.45, 2.75) is 81.8 Å². The highest BCUT2D eigenvalue weighted by Crippen LogP contribution is 2.35. The SMILES string of the molecule is O=C(NC1CC1)[C@H](NCC1(N2CCCCC2)CCCCC1)c1ccccc1. The number of likely N-dealkylation sites (tertiary alicyclic amines) is 1. The van der Waals surface area contributed by atoms with Crippen molar-refractivity contribution in [2.75, 3.05) is 19.6 Å². The minimum absolute atomic E-state index is 0.147. The van der Waals surface area contributed by atoms with Crippen molar-refractivity contribution < 1.29 is 4.79 Å². The van der Waals surface area contributed by atoms with E-state index >= 15 is 0 Å². The molecule has 0 bridgehead atoms. The molecule has 0 spiro atoms. The van der Waals surface area contributed by atoms with Crippen LogP contribution in [0.2, 0.25) is 0 Å². The van der Waals surface area contributed by atoms with Gasteiger partial charge in [-0.2, -0.15) is 0 Å². The van der Waals surface area contributed by atoms with Crippen molar-refractivity contribution in [2.24, 2.45) is 0 Å². The molecule has 2 saturated carbocycles. The van der Waals surface area contributed by atoms with E-state index in [1.807, 2.05) is 18.2 Å². The molecule has 148 valence electrons. The third-order valence-electron chi connectivity index (χ3n) is 6.77. The van der Waals surface area contributed by atoms with Gasteiger partial charge in [0.25, 0.3) is 0 Å². The zero-order valence-electron chi connectivity index (χ0n) is 16.6. The fourth-order valence-electron chi connectivity index (χ4n) is 4.99. The fraction of sp³-hybridized carbons (Fsp3) is 0.696. The number of amides is 1. The molecule has 1 saturated heterocycles. The van der Waals surface area contributed by atoms with E-state index in [4.69, 9.17) is 0 Å². The van der Waals surface area contributed by atoms with E-state index < -0.39 is 0 Å². The predicted octanol–water partition coefficient (Wildman–Crippen LogP) is 3.78. The molecule has 4 nitrogen and oxygen atoms in total. The molecule has 3 fully saturated rings. The van der Waals surface area contributed by atoms with E-state index in [1.165, 1.54) is 64.5 Å². The number of nitrogens with zero attached hydrogens (tertiary/aromatic N) is 1. The summed E-state index contributed by atoms with van der Waals surface area (Å²) in [6.45, 7) is 3.38. The lowest BCUT2D eigenvalue weighted by atomic mass is 9.79. The maximum absolute atomic E-state index is 13.0. The van der Waals surface area contributed by atoms with Crippen LogP contribution in [0.1, 0.15) is 75.8 Å². The first kappa shape index (κ1) is 18.9. The summed E-state index contributed by atoms with van der Waals surface area (Å²) in [5.41, 5.74) is 1.33. The summed E-state index contributed by atoms with van der Waals surface area (Å²) < 4.78 is 0. The van der Waals surface area contributed by atoms with Crippen LogP contribution in [0.3, 0.4) is 0 Å². The highest BCUT2D eigenvalue weighted by molar-refractivity contribution is 5.83. The number of hydrogen-bond acceptors (Lipinski definition) is 3. The molecule has 1 amide bonds. The molecule has 1 atom stereocenters. The third kappa shape index (κ3) is 4.72. The number of carbonyl (C=O) groups is 1. The molecule has 1 aromatic carbocycles. The van der Waals surface area contributed by atoms with Gasteiger partial charge in [0.2, 0.25) is 5.91 Å². The molecule has 1 aliphatic heterocycles. The van der Waals surface area contributed by atoms with Gasteiger partial charge in [-0.05, 0) is 57.2 Å². The molecule has 27 heavy (non-hydrogen) atoms. The monoisotopic (exact) mass is 369 g/mol. The standard InChI is InChI=1S/C23H35N3O/c27-22(25-20-12-13-20)21(19-10-4-1-5-11-19)24-18-23(14-6-2-7-15-23)26-16-8-3-9-17-26/h1,4-5,10-11,20-21,24H,2-3,6-9,12-18H2,(H,25,27)/t21-/m1/s1. The first-order chi connectivity index (χ1) is 13.3. The van der Waals surface area contributed by atoms with Gasteiger partial charge in [0.05, 0.1) is 0 Å². The van der Waals surface area contributed by atoms with Gasteiger partial charge in [-0.3, -0.25) is 9.69 Å². The van der Waals surface area contributed by atoms with Gasteiger partial charge in [-0.15, -0.1) is 0 Å². The summed E-state index contributed by atoms with van der Waals surface area (Å²) in [4.78, 5) is 15.7. The number of benzene rings is 1. The number of nitrogens with one attached hydrogen (secondary N) is 2. The van der Waals surface area contributed by atoms with Gasteiger partial charge in [-0.25, -0.2) is 0 Å². The first-order valence-electron chi connectivity index (χ1n) is 11.1. The van der Waals surface area contributed by atoms with Crippen molar-refractivity contribution in [3.63, 3.8) is 0 Å². The molecular weight excluding hydrogens is 334 g/mol. The highest BCUT2D eigenvalue weighted by Gasteiger charge is 2.39. The average Bonchev–Trinajstić information content (AvgIpc) is 3.54. The number of hydrogen-bond donors (Lipinski definition) is 2. The lowest BCUT2D eigenvalue weighted by molar-refractivity contribution is -0.123. The lowest BCUT2D eigenvalue weighted by Crippen LogP contribution is -2.58. The van der Waals surface area contributed by atoms with Crippen molar-refractivity contribution in [3.05, 3.63) is 35.9 Å². The average molecular weight is 370 g/mol. The van der Waals surface area contributed by atoms with Crippen molar-refractivity contribution in [1.82, 2.24) is 15.5 Å². The van der Waals surface area contributed by atoms with Crippen LogP contribution < -0.4 is 10.6 Å². The van der Waals surface area contributed by atoms with Crippen molar-refractivity contribution >= 4 is 5.91 Å². The summed E-state index contributed by atoms with van der Waals surface area (Å²) in [6.07, 6.45) is 12.8. The van der Waals surface area contributed by atoms with Gasteiger partial charge in [0, 0.05) is 18.1 Å². The summed E-state index contributed by atoms with van der Waals surface area (Å²) in [5, 5.41) is 6.94. The fourth-order valence-corrected chi connectivity index (χ4v) is 4.99. The second-order valence-electron chi connectivity index (χ2n) is 8.84. The Hall–Kier alpha value is -1.39. The Morgan fingerprint density at radius 1 is 1.00 bits per heavy atom. The predicted molar refractivity (Wildman–Crippen MR) is 110 cm³/mol. The highest BCUT2D eigenvalue weighted by atomic mass is 16.2. The zero-order valence-corrected chi connectivity index (χ0v) is 16.6. The molecule has 0 unspecified atom stereocenters. The van der Waals surface area contributed by atoms with E-state index in [0.717, 1.165) is 24.9 Å². The second-order valence-corrected chi connectivity index (χ2v) is 8.84. The van der Waals surface area contributed by atoms with Crippen LogP contribution in [0.5, 0.6) is 0 Å². The Morgan fingerprint density at radius 2 is 1.67 bits per heavy atom. The van der Waals surface area contributed by atoms with Gasteiger partial charge in [-0.1, -0.05) is 56.0 Å². The third-order valence-corrected chi connectivity index (χ3v) is 6.77. The molecule has 1 heterocycles. The zero-order chi connectivity index (χ0) is 18.5. The minimum atomic E-state index is -0.240. The van der Waals surface area contributed by atoms with Gasteiger partial charge in [0.15, 0.2) is 0 Å². The van der Waals surface area contributed by atoms with Gasteiger partial charge < -0.3 is 10.6 Å². The van der Waals surface area contributed by atoms with Crippen LogP contribution in [-0.2, 0) is 4.79 Å². The van der Waals surface area contributed by atoms with E-state index in [-0.39, 0.29) is 17.5 Å². The lowest BCUT2D eigenvalue weighted by Gasteiger charge is -2.49. The van der Waals surface area contributed by atoms with Crippen LogP contribution >= 0.6 is 0 Å². The molecule has 2 N–H and O–H groups in total. The smallest absolute Gasteiger partial charge is 0.241 e. The number of piperidine rings is 1. The van der Waals surface area contributed by atoms with E-state index in [2.05, 4.69) is 27.7 Å². The normalized spacial score (nSPS) is 24.3. The summed E-state index contributed by atoms with van der Waals surface area (Å²) >= 11 is 0. The summed E-state index contributed by atoms with van der Waals surface area (Å²) in [7, 11) is 0. The van der Waals surface area contributed by atoms with Crippen LogP contribution in [-0.4, -0.2) is 42.0 Å². The van der Waals surface area contributed by atoms with Crippen molar-refractivity contribution in [1.29, 1.82) is 0 Å². The Bertz CT molecular complexity index is 601. The molecular formula is C23H35N3O. The Kier molecular flexibility index (Phi) is 6.14. The van der Waals surface area contributed by atoms with Crippen LogP contribution in [0.25, 0.3) is 0 Å². The van der Waals surface area contributed by atoms with E-state index in [0.29, 0.717) is 6.04 Å². The molecule has 4 rings (SSSR count). The first-order valence-corrected chi connectivity index (χ1v) is 11.1. The van der Waals surface area contributed by atoms with Gasteiger partial charge >= 0.3 is 0 Å². The Labute approximate surface area is 164 Å². The molecule has 0 aromatic heterocycles. The topological polar surface area (TPSA) is 44.4 Å². The van der Waals surface area contributed by atoms with Crippen LogP contribution in [0.4, 0.5) is 0 Å². The van der Waals surface area contributed by atoms with E-state index in [1.54, 1.807) is 0 Å². The Morgan fingerprint density at radius 3 is 2.33 bits per heavy atom. The van der Waals surface area contributed by atoms with Crippen LogP contribution in [0.15, 0.2) is 30.3 Å². The quantitative estimate of drug-likeness (QED) is 0.769. The number of rotatable bonds is 7. The minimum Gasteiger partial charge on any atom is -0.352 e. The second kappa shape index (κ2) is 8.74. The molecule has 0 radical (unpaired) electrons. The molecule has 3 aliphatic rings. The van der Waals surface area contributed by atoms with Crippen molar-refractivity contribution in [3.8, 4) is 0 Å². The Balaban J connectivity index is 1.49. The summed E-state index contributed by atoms with van der Waals surface area (Å²) in [5.74, 6) is 0.147. The molecule has 4 heteroatoms. The van der Waals surface area contributed by atoms with Crippen LogP contribution in [0, 0.1) is 0 Å². The number of carbonyl (C=O) groups excluding carboxylic acids is 1. The largest absolute Gasteiger partial charge is 0.352 e. The van der Waals surface area contributed by atoms with Gasteiger partial charge in [0.1, 0.15) is 6.04 Å². The maximum Gasteiger partial charge on any atom is 0.241 e. The molecule has 1 aromatic rings. The molecule has 2 aliphatic carbocycles. The van der Waals surface area contributed by atoms with E-state index in [9.17, 15) is 4.79 Å².